The minimum absolute atomic E-state index is 0.0826. The summed E-state index contributed by atoms with van der Waals surface area (Å²) >= 11 is 11.5. The second kappa shape index (κ2) is 13.1. The van der Waals surface area contributed by atoms with Gasteiger partial charge in [0, 0.05) is 59.8 Å². The SMILES string of the molecule is Cc1ccc(-c2ccc(/C=C/C(=O)NC(=S)Nc3ccc(N4CCN(C(=O)c5ccccc5C)CC4)cc3)o2)cc1Cl. The van der Waals surface area contributed by atoms with Crippen molar-refractivity contribution in [1.82, 2.24) is 10.2 Å². The highest BCUT2D eigenvalue weighted by Gasteiger charge is 2.23. The van der Waals surface area contributed by atoms with Gasteiger partial charge >= 0.3 is 0 Å². The number of benzene rings is 3. The summed E-state index contributed by atoms with van der Waals surface area (Å²) in [6.07, 6.45) is 2.95. The molecule has 1 fully saturated rings. The first-order valence-corrected chi connectivity index (χ1v) is 14.4. The molecule has 1 aromatic heterocycles. The largest absolute Gasteiger partial charge is 0.457 e. The molecule has 7 nitrogen and oxygen atoms in total. The number of amides is 2. The van der Waals surface area contributed by atoms with Crippen LogP contribution >= 0.6 is 23.8 Å². The zero-order valence-electron chi connectivity index (χ0n) is 23.4. The van der Waals surface area contributed by atoms with Crippen molar-refractivity contribution >= 4 is 58.2 Å². The van der Waals surface area contributed by atoms with Gasteiger partial charge in [0.2, 0.25) is 5.91 Å². The summed E-state index contributed by atoms with van der Waals surface area (Å²) < 4.78 is 5.82. The van der Waals surface area contributed by atoms with Crippen molar-refractivity contribution in [3.05, 3.63) is 112 Å². The predicted octanol–water partition coefficient (Wildman–Crippen LogP) is 6.71. The van der Waals surface area contributed by atoms with Crippen LogP contribution in [0.5, 0.6) is 0 Å². The van der Waals surface area contributed by atoms with Crippen molar-refractivity contribution in [3.8, 4) is 11.3 Å². The van der Waals surface area contributed by atoms with Crippen molar-refractivity contribution in [1.29, 1.82) is 0 Å². The molecule has 0 radical (unpaired) electrons. The summed E-state index contributed by atoms with van der Waals surface area (Å²) in [7, 11) is 0. The molecule has 0 unspecified atom stereocenters. The van der Waals surface area contributed by atoms with Crippen molar-refractivity contribution in [2.45, 2.75) is 13.8 Å². The average Bonchev–Trinajstić information content (AvgIpc) is 3.47. The molecule has 2 N–H and O–H groups in total. The highest BCUT2D eigenvalue weighted by molar-refractivity contribution is 7.80. The number of carbonyl (C=O) groups is 2. The molecule has 2 amide bonds. The number of furan rings is 1. The molecule has 9 heteroatoms. The molecule has 2 heterocycles. The Morgan fingerprint density at radius 2 is 1.64 bits per heavy atom. The maximum atomic E-state index is 12.9. The number of carbonyl (C=O) groups excluding carboxylic acids is 2. The number of thiocarbonyl (C=S) groups is 1. The molecule has 1 aliphatic heterocycles. The molecule has 5 rings (SSSR count). The Balaban J connectivity index is 1.09. The van der Waals surface area contributed by atoms with E-state index >= 15 is 0 Å². The third-order valence-electron chi connectivity index (χ3n) is 7.15. The maximum Gasteiger partial charge on any atom is 0.254 e. The smallest absolute Gasteiger partial charge is 0.254 e. The maximum absolute atomic E-state index is 12.9. The fourth-order valence-corrected chi connectivity index (χ4v) is 5.12. The molecule has 0 aliphatic carbocycles. The Labute approximate surface area is 255 Å². The quantitative estimate of drug-likeness (QED) is 0.190. The number of aryl methyl sites for hydroxylation is 2. The molecule has 3 aromatic carbocycles. The average molecular weight is 599 g/mol. The zero-order valence-corrected chi connectivity index (χ0v) is 25.0. The minimum Gasteiger partial charge on any atom is -0.457 e. The number of rotatable bonds is 6. The number of nitrogens with zero attached hydrogens (tertiary/aromatic N) is 2. The van der Waals surface area contributed by atoms with E-state index in [0.29, 0.717) is 29.6 Å². The first-order valence-electron chi connectivity index (χ1n) is 13.6. The van der Waals surface area contributed by atoms with Gasteiger partial charge in [-0.05, 0) is 91.8 Å². The van der Waals surface area contributed by atoms with E-state index < -0.39 is 0 Å². The molecule has 214 valence electrons. The van der Waals surface area contributed by atoms with Crippen LogP contribution < -0.4 is 15.5 Å². The number of piperazine rings is 1. The Bertz CT molecular complexity index is 1640. The monoisotopic (exact) mass is 598 g/mol. The van der Waals surface area contributed by atoms with Gasteiger partial charge in [-0.3, -0.25) is 14.9 Å². The molecule has 0 bridgehead atoms. The predicted molar refractivity (Wildman–Crippen MR) is 173 cm³/mol. The highest BCUT2D eigenvalue weighted by Crippen LogP contribution is 2.27. The van der Waals surface area contributed by atoms with E-state index in [0.717, 1.165) is 46.7 Å². The van der Waals surface area contributed by atoms with E-state index in [2.05, 4.69) is 15.5 Å². The van der Waals surface area contributed by atoms with Crippen molar-refractivity contribution < 1.29 is 14.0 Å². The highest BCUT2D eigenvalue weighted by atomic mass is 35.5. The lowest BCUT2D eigenvalue weighted by atomic mass is 10.1. The standard InChI is InChI=1S/C33H31ClN4O3S/c1-22-5-3-4-6-28(22)32(40)38-19-17-37(18-20-38)26-11-9-25(10-12-26)35-33(42)36-31(39)16-14-27-13-15-30(41-27)24-8-7-23(2)29(34)21-24/h3-16,21H,17-20H2,1-2H3,(H2,35,36,39,42)/b16-14+. The Hall–Kier alpha value is -4.40. The first kappa shape index (κ1) is 29.1. The van der Waals surface area contributed by atoms with E-state index in [1.54, 1.807) is 12.1 Å². The fourth-order valence-electron chi connectivity index (χ4n) is 4.72. The summed E-state index contributed by atoms with van der Waals surface area (Å²) in [5.41, 5.74) is 5.43. The van der Waals surface area contributed by atoms with Crippen LogP contribution in [-0.2, 0) is 4.79 Å². The van der Waals surface area contributed by atoms with Crippen molar-refractivity contribution in [3.63, 3.8) is 0 Å². The van der Waals surface area contributed by atoms with Gasteiger partial charge in [-0.1, -0.05) is 41.9 Å². The van der Waals surface area contributed by atoms with Crippen LogP contribution in [0.25, 0.3) is 17.4 Å². The molecule has 1 saturated heterocycles. The third-order valence-corrected chi connectivity index (χ3v) is 7.76. The molecule has 4 aromatic rings. The van der Waals surface area contributed by atoms with Crippen molar-refractivity contribution in [2.24, 2.45) is 0 Å². The second-order valence-electron chi connectivity index (χ2n) is 10.1. The van der Waals surface area contributed by atoms with Gasteiger partial charge in [-0.15, -0.1) is 0 Å². The number of hydrogen-bond acceptors (Lipinski definition) is 5. The Morgan fingerprint density at radius 3 is 2.36 bits per heavy atom. The number of nitrogens with one attached hydrogen (secondary N) is 2. The van der Waals surface area contributed by atoms with Crippen LogP contribution in [0.4, 0.5) is 11.4 Å². The Kier molecular flexibility index (Phi) is 9.05. The summed E-state index contributed by atoms with van der Waals surface area (Å²) in [5, 5.41) is 6.55. The summed E-state index contributed by atoms with van der Waals surface area (Å²) in [4.78, 5) is 29.5. The third kappa shape index (κ3) is 7.08. The number of anilines is 2. The van der Waals surface area contributed by atoms with Crippen molar-refractivity contribution in [2.75, 3.05) is 36.4 Å². The summed E-state index contributed by atoms with van der Waals surface area (Å²) in [6.45, 7) is 6.74. The van der Waals surface area contributed by atoms with Gasteiger partial charge < -0.3 is 19.5 Å². The Morgan fingerprint density at radius 1 is 0.905 bits per heavy atom. The van der Waals surface area contributed by atoms with Crippen LogP contribution in [0.1, 0.15) is 27.2 Å². The molecule has 0 saturated carbocycles. The van der Waals surface area contributed by atoms with E-state index in [9.17, 15) is 9.59 Å². The summed E-state index contributed by atoms with van der Waals surface area (Å²) in [6, 6.07) is 24.9. The molecule has 42 heavy (non-hydrogen) atoms. The lowest BCUT2D eigenvalue weighted by molar-refractivity contribution is -0.115. The van der Waals surface area contributed by atoms with Gasteiger partial charge in [0.1, 0.15) is 11.5 Å². The van der Waals surface area contributed by atoms with Gasteiger partial charge in [-0.2, -0.15) is 0 Å². The molecule has 0 spiro atoms. The van der Waals surface area contributed by atoms with Gasteiger partial charge in [0.05, 0.1) is 0 Å². The van der Waals surface area contributed by atoms with Crippen LogP contribution in [-0.4, -0.2) is 48.0 Å². The molecule has 0 atom stereocenters. The lowest BCUT2D eigenvalue weighted by Crippen LogP contribution is -2.48. The van der Waals surface area contributed by atoms with E-state index in [4.69, 9.17) is 28.2 Å². The number of halogens is 1. The van der Waals surface area contributed by atoms with Gasteiger partial charge in [0.15, 0.2) is 5.11 Å². The molecular formula is C33H31ClN4O3S. The lowest BCUT2D eigenvalue weighted by Gasteiger charge is -2.36. The van der Waals surface area contributed by atoms with Gasteiger partial charge in [-0.25, -0.2) is 0 Å². The van der Waals surface area contributed by atoms with Crippen LogP contribution in [0.3, 0.4) is 0 Å². The van der Waals surface area contributed by atoms with Crippen LogP contribution in [0.2, 0.25) is 5.02 Å². The normalized spacial score (nSPS) is 13.3. The first-order chi connectivity index (χ1) is 20.3. The van der Waals surface area contributed by atoms with Crippen LogP contribution in [0, 0.1) is 13.8 Å². The minimum atomic E-state index is -0.376. The molecular weight excluding hydrogens is 568 g/mol. The number of hydrogen-bond donors (Lipinski definition) is 2. The fraction of sp³-hybridized carbons (Fsp3) is 0.182. The zero-order chi connectivity index (χ0) is 29.6. The van der Waals surface area contributed by atoms with E-state index in [1.165, 1.54) is 6.08 Å². The summed E-state index contributed by atoms with van der Waals surface area (Å²) in [5.74, 6) is 0.903. The van der Waals surface area contributed by atoms with Crippen LogP contribution in [0.15, 0.2) is 89.4 Å². The topological polar surface area (TPSA) is 77.8 Å². The second-order valence-corrected chi connectivity index (χ2v) is 10.9. The van der Waals surface area contributed by atoms with E-state index in [-0.39, 0.29) is 16.9 Å². The van der Waals surface area contributed by atoms with Gasteiger partial charge in [0.25, 0.3) is 5.91 Å². The molecule has 1 aliphatic rings. The van der Waals surface area contributed by atoms with E-state index in [1.807, 2.05) is 91.5 Å².